The lowest BCUT2D eigenvalue weighted by molar-refractivity contribution is -0.139. The first kappa shape index (κ1) is 28.3. The lowest BCUT2D eigenvalue weighted by atomic mass is 10.1. The average Bonchev–Trinajstić information content (AvgIpc) is 2.91. The van der Waals surface area contributed by atoms with Crippen molar-refractivity contribution in [1.82, 2.24) is 10.2 Å². The number of amides is 2. The molecule has 1 aliphatic heterocycles. The highest BCUT2D eigenvalue weighted by molar-refractivity contribution is 7.92. The summed E-state index contributed by atoms with van der Waals surface area (Å²) in [6.45, 7) is 7.65. The van der Waals surface area contributed by atoms with Crippen LogP contribution in [0.25, 0.3) is 0 Å². The van der Waals surface area contributed by atoms with Crippen molar-refractivity contribution >= 4 is 27.5 Å². The van der Waals surface area contributed by atoms with Gasteiger partial charge in [-0.3, -0.25) is 13.9 Å². The van der Waals surface area contributed by atoms with Gasteiger partial charge >= 0.3 is 0 Å². The van der Waals surface area contributed by atoms with Crippen LogP contribution < -0.4 is 19.1 Å². The second kappa shape index (κ2) is 12.8. The van der Waals surface area contributed by atoms with Crippen molar-refractivity contribution in [3.63, 3.8) is 0 Å². The van der Waals surface area contributed by atoms with Gasteiger partial charge in [-0.1, -0.05) is 37.3 Å². The Balaban J connectivity index is 1.89. The number of rotatable bonds is 12. The Morgan fingerprint density at radius 2 is 1.68 bits per heavy atom. The summed E-state index contributed by atoms with van der Waals surface area (Å²) >= 11 is 0. The molecule has 1 N–H and O–H groups in total. The van der Waals surface area contributed by atoms with E-state index in [1.54, 1.807) is 25.1 Å². The summed E-state index contributed by atoms with van der Waals surface area (Å²) in [5.74, 6) is 0.0161. The standard InChI is InChI=1S/C27H37N3O6S/c1-5-20(3)28-27(32)21(4)29(15-14-22-10-8-7-9-11-22)26(31)19-30(37(33,34)6-2)23-12-13-24-25(18-23)36-17-16-35-24/h7-13,18,20-21H,5-6,14-17,19H2,1-4H3,(H,28,32)/t20-,21+/m1/s1. The molecular formula is C27H37N3O6S. The molecule has 0 aliphatic carbocycles. The van der Waals surface area contributed by atoms with E-state index in [0.717, 1.165) is 16.3 Å². The fourth-order valence-electron chi connectivity index (χ4n) is 3.94. The highest BCUT2D eigenvalue weighted by atomic mass is 32.2. The van der Waals surface area contributed by atoms with Gasteiger partial charge in [0.1, 0.15) is 25.8 Å². The molecule has 1 aliphatic rings. The minimum absolute atomic E-state index is 0.0456. The van der Waals surface area contributed by atoms with Crippen LogP contribution in [-0.4, -0.2) is 69.3 Å². The van der Waals surface area contributed by atoms with Crippen molar-refractivity contribution in [2.75, 3.05) is 36.4 Å². The number of nitrogens with one attached hydrogen (secondary N) is 1. The number of ether oxygens (including phenoxy) is 2. The highest BCUT2D eigenvalue weighted by Gasteiger charge is 2.31. The van der Waals surface area contributed by atoms with E-state index in [0.29, 0.717) is 36.8 Å². The smallest absolute Gasteiger partial charge is 0.244 e. The molecule has 2 amide bonds. The number of carbonyl (C=O) groups excluding carboxylic acids is 2. The van der Waals surface area contributed by atoms with Crippen molar-refractivity contribution < 1.29 is 27.5 Å². The minimum Gasteiger partial charge on any atom is -0.486 e. The first-order valence-corrected chi connectivity index (χ1v) is 14.3. The Hall–Kier alpha value is -3.27. The van der Waals surface area contributed by atoms with Gasteiger partial charge in [0.15, 0.2) is 11.5 Å². The molecule has 2 aromatic carbocycles. The monoisotopic (exact) mass is 531 g/mol. The maximum atomic E-state index is 13.7. The Labute approximate surface area is 219 Å². The molecule has 10 heteroatoms. The van der Waals surface area contributed by atoms with Gasteiger partial charge in [-0.05, 0) is 51.3 Å². The summed E-state index contributed by atoms with van der Waals surface area (Å²) in [5, 5.41) is 2.93. The van der Waals surface area contributed by atoms with Crippen LogP contribution in [0.1, 0.15) is 39.7 Å². The molecule has 1 heterocycles. The summed E-state index contributed by atoms with van der Waals surface area (Å²) in [5.41, 5.74) is 1.32. The van der Waals surface area contributed by atoms with Crippen LogP contribution in [0.4, 0.5) is 5.69 Å². The zero-order valence-electron chi connectivity index (χ0n) is 22.0. The van der Waals surface area contributed by atoms with Gasteiger partial charge < -0.3 is 19.7 Å². The summed E-state index contributed by atoms with van der Waals surface area (Å²) in [4.78, 5) is 28.1. The van der Waals surface area contributed by atoms with E-state index in [-0.39, 0.29) is 24.2 Å². The molecular weight excluding hydrogens is 494 g/mol. The lowest BCUT2D eigenvalue weighted by Gasteiger charge is -2.32. The summed E-state index contributed by atoms with van der Waals surface area (Å²) in [6, 6.07) is 13.6. The topological polar surface area (TPSA) is 105 Å². The summed E-state index contributed by atoms with van der Waals surface area (Å²) in [6.07, 6.45) is 1.28. The second-order valence-electron chi connectivity index (χ2n) is 9.05. The molecule has 202 valence electrons. The van der Waals surface area contributed by atoms with E-state index in [4.69, 9.17) is 9.47 Å². The number of benzene rings is 2. The Bertz CT molecular complexity index is 1170. The number of carbonyl (C=O) groups is 2. The number of sulfonamides is 1. The van der Waals surface area contributed by atoms with Gasteiger partial charge in [0.25, 0.3) is 0 Å². The van der Waals surface area contributed by atoms with E-state index in [1.807, 2.05) is 44.2 Å². The SMILES string of the molecule is CC[C@@H](C)NC(=O)[C@H](C)N(CCc1ccccc1)C(=O)CN(c1ccc2c(c1)OCCO2)S(=O)(=O)CC. The Morgan fingerprint density at radius 1 is 1.00 bits per heavy atom. The van der Waals surface area contributed by atoms with Gasteiger partial charge in [-0.2, -0.15) is 0 Å². The molecule has 0 bridgehead atoms. The van der Waals surface area contributed by atoms with Crippen molar-refractivity contribution in [2.45, 2.75) is 52.6 Å². The van der Waals surface area contributed by atoms with Crippen LogP contribution >= 0.6 is 0 Å². The number of fused-ring (bicyclic) bond motifs is 1. The number of hydrogen-bond donors (Lipinski definition) is 1. The molecule has 2 atom stereocenters. The third kappa shape index (κ3) is 7.38. The fraction of sp³-hybridized carbons (Fsp3) is 0.481. The van der Waals surface area contributed by atoms with Crippen molar-refractivity contribution in [3.05, 3.63) is 54.1 Å². The Kier molecular flexibility index (Phi) is 9.79. The zero-order valence-corrected chi connectivity index (χ0v) is 22.8. The normalized spacial score (nSPS) is 14.4. The fourth-order valence-corrected chi connectivity index (χ4v) is 5.00. The van der Waals surface area contributed by atoms with Crippen molar-refractivity contribution in [3.8, 4) is 11.5 Å². The first-order valence-electron chi connectivity index (χ1n) is 12.7. The average molecular weight is 532 g/mol. The third-order valence-electron chi connectivity index (χ3n) is 6.45. The van der Waals surface area contributed by atoms with Crippen LogP contribution in [0.15, 0.2) is 48.5 Å². The lowest BCUT2D eigenvalue weighted by Crippen LogP contribution is -2.53. The molecule has 0 spiro atoms. The molecule has 0 unspecified atom stereocenters. The van der Waals surface area contributed by atoms with E-state index < -0.39 is 28.5 Å². The quantitative estimate of drug-likeness (QED) is 0.452. The van der Waals surface area contributed by atoms with Crippen molar-refractivity contribution in [1.29, 1.82) is 0 Å². The largest absolute Gasteiger partial charge is 0.486 e. The number of nitrogens with zero attached hydrogens (tertiary/aromatic N) is 2. The molecule has 0 radical (unpaired) electrons. The van der Waals surface area contributed by atoms with Gasteiger partial charge in [0.2, 0.25) is 21.8 Å². The van der Waals surface area contributed by atoms with Crippen LogP contribution in [-0.2, 0) is 26.0 Å². The minimum atomic E-state index is -3.82. The molecule has 3 rings (SSSR count). The first-order chi connectivity index (χ1) is 17.7. The molecule has 0 fully saturated rings. The number of hydrogen-bond acceptors (Lipinski definition) is 6. The molecule has 2 aromatic rings. The molecule has 0 saturated heterocycles. The maximum Gasteiger partial charge on any atom is 0.244 e. The van der Waals surface area contributed by atoms with Crippen LogP contribution in [0, 0.1) is 0 Å². The maximum absolute atomic E-state index is 13.7. The van der Waals surface area contributed by atoms with Gasteiger partial charge in [-0.25, -0.2) is 8.42 Å². The predicted octanol–water partition coefficient (Wildman–Crippen LogP) is 2.99. The third-order valence-corrected chi connectivity index (χ3v) is 8.19. The molecule has 9 nitrogen and oxygen atoms in total. The molecule has 0 aromatic heterocycles. The van der Waals surface area contributed by atoms with Gasteiger partial charge in [0.05, 0.1) is 11.4 Å². The molecule has 0 saturated carbocycles. The summed E-state index contributed by atoms with van der Waals surface area (Å²) in [7, 11) is -3.82. The van der Waals surface area contributed by atoms with E-state index in [1.165, 1.54) is 11.8 Å². The van der Waals surface area contributed by atoms with Crippen LogP contribution in [0.5, 0.6) is 11.5 Å². The van der Waals surface area contributed by atoms with Crippen LogP contribution in [0.3, 0.4) is 0 Å². The Morgan fingerprint density at radius 3 is 2.32 bits per heavy atom. The van der Waals surface area contributed by atoms with Gasteiger partial charge in [-0.15, -0.1) is 0 Å². The number of anilines is 1. The van der Waals surface area contributed by atoms with Gasteiger partial charge in [0, 0.05) is 18.7 Å². The molecule has 37 heavy (non-hydrogen) atoms. The van der Waals surface area contributed by atoms with Crippen LogP contribution in [0.2, 0.25) is 0 Å². The second-order valence-corrected chi connectivity index (χ2v) is 11.2. The predicted molar refractivity (Wildman–Crippen MR) is 143 cm³/mol. The zero-order chi connectivity index (χ0) is 27.0. The van der Waals surface area contributed by atoms with E-state index in [9.17, 15) is 18.0 Å². The van der Waals surface area contributed by atoms with E-state index >= 15 is 0 Å². The van der Waals surface area contributed by atoms with E-state index in [2.05, 4.69) is 5.32 Å². The summed E-state index contributed by atoms with van der Waals surface area (Å²) < 4.78 is 38.5. The van der Waals surface area contributed by atoms with Crippen molar-refractivity contribution in [2.24, 2.45) is 0 Å². The highest BCUT2D eigenvalue weighted by Crippen LogP contribution is 2.35.